The molecule has 110 valence electrons. The summed E-state index contributed by atoms with van der Waals surface area (Å²) < 4.78 is 36.5. The monoisotopic (exact) mass is 304 g/mol. The van der Waals surface area contributed by atoms with Crippen LogP contribution in [-0.4, -0.2) is 24.5 Å². The molecule has 0 aliphatic carbocycles. The van der Waals surface area contributed by atoms with Gasteiger partial charge in [-0.05, 0) is 62.0 Å². The van der Waals surface area contributed by atoms with Gasteiger partial charge < -0.3 is 10.6 Å². The fraction of sp³-hybridized carbons (Fsp3) is 0.462. The number of benzene rings is 1. The SMILES string of the molecule is O=C(Nc1ccc(SC(F)(F)F)cc1)C1CCNCC1. The minimum atomic E-state index is -4.29. The topological polar surface area (TPSA) is 41.1 Å². The number of carbonyl (C=O) groups excluding carboxylic acids is 1. The van der Waals surface area contributed by atoms with Crippen molar-refractivity contribution in [1.29, 1.82) is 0 Å². The molecule has 0 saturated carbocycles. The molecular weight excluding hydrogens is 289 g/mol. The molecule has 1 aromatic carbocycles. The number of hydrogen-bond donors (Lipinski definition) is 2. The molecule has 1 saturated heterocycles. The Balaban J connectivity index is 1.91. The fourth-order valence-corrected chi connectivity index (χ4v) is 2.61. The van der Waals surface area contributed by atoms with E-state index < -0.39 is 5.51 Å². The predicted molar refractivity (Wildman–Crippen MR) is 72.6 cm³/mol. The zero-order valence-electron chi connectivity index (χ0n) is 10.7. The zero-order chi connectivity index (χ0) is 14.6. The van der Waals surface area contributed by atoms with Crippen molar-refractivity contribution in [1.82, 2.24) is 5.32 Å². The molecule has 1 heterocycles. The van der Waals surface area contributed by atoms with E-state index in [2.05, 4.69) is 10.6 Å². The van der Waals surface area contributed by atoms with Crippen LogP contribution in [0.4, 0.5) is 18.9 Å². The molecule has 0 aromatic heterocycles. The Morgan fingerprint density at radius 3 is 2.35 bits per heavy atom. The highest BCUT2D eigenvalue weighted by atomic mass is 32.2. The molecule has 3 nitrogen and oxygen atoms in total. The van der Waals surface area contributed by atoms with Crippen LogP contribution >= 0.6 is 11.8 Å². The smallest absolute Gasteiger partial charge is 0.326 e. The number of alkyl halides is 3. The Morgan fingerprint density at radius 2 is 1.80 bits per heavy atom. The second-order valence-corrected chi connectivity index (χ2v) is 5.72. The summed E-state index contributed by atoms with van der Waals surface area (Å²) in [5, 5.41) is 5.92. The highest BCUT2D eigenvalue weighted by Gasteiger charge is 2.29. The molecule has 0 bridgehead atoms. The van der Waals surface area contributed by atoms with Crippen LogP contribution in [0.5, 0.6) is 0 Å². The van der Waals surface area contributed by atoms with Gasteiger partial charge in [0.25, 0.3) is 0 Å². The average molecular weight is 304 g/mol. The molecule has 0 radical (unpaired) electrons. The third-order valence-electron chi connectivity index (χ3n) is 3.07. The van der Waals surface area contributed by atoms with Crippen LogP contribution in [0.2, 0.25) is 0 Å². The number of halogens is 3. The molecule has 7 heteroatoms. The van der Waals surface area contributed by atoms with Crippen LogP contribution in [0.3, 0.4) is 0 Å². The van der Waals surface area contributed by atoms with Crippen molar-refractivity contribution in [3.05, 3.63) is 24.3 Å². The van der Waals surface area contributed by atoms with Crippen LogP contribution in [0.15, 0.2) is 29.2 Å². The number of carbonyl (C=O) groups is 1. The zero-order valence-corrected chi connectivity index (χ0v) is 11.5. The lowest BCUT2D eigenvalue weighted by atomic mass is 9.97. The molecule has 1 aliphatic heterocycles. The van der Waals surface area contributed by atoms with Gasteiger partial charge >= 0.3 is 5.51 Å². The summed E-state index contributed by atoms with van der Waals surface area (Å²) in [6.45, 7) is 1.64. The average Bonchev–Trinajstić information content (AvgIpc) is 2.40. The largest absolute Gasteiger partial charge is 0.446 e. The van der Waals surface area contributed by atoms with E-state index in [9.17, 15) is 18.0 Å². The lowest BCUT2D eigenvalue weighted by molar-refractivity contribution is -0.120. The molecule has 1 aromatic rings. The maximum atomic E-state index is 12.2. The van der Waals surface area contributed by atoms with Crippen molar-refractivity contribution < 1.29 is 18.0 Å². The summed E-state index contributed by atoms with van der Waals surface area (Å²) in [6, 6.07) is 5.70. The lowest BCUT2D eigenvalue weighted by Crippen LogP contribution is -2.34. The van der Waals surface area contributed by atoms with Gasteiger partial charge in [0.2, 0.25) is 5.91 Å². The van der Waals surface area contributed by atoms with Crippen molar-refractivity contribution in [2.45, 2.75) is 23.2 Å². The van der Waals surface area contributed by atoms with Gasteiger partial charge in [0.05, 0.1) is 0 Å². The maximum Gasteiger partial charge on any atom is 0.446 e. The van der Waals surface area contributed by atoms with Crippen molar-refractivity contribution >= 4 is 23.4 Å². The molecule has 1 amide bonds. The van der Waals surface area contributed by atoms with E-state index in [1.807, 2.05) is 0 Å². The maximum absolute atomic E-state index is 12.2. The summed E-state index contributed by atoms with van der Waals surface area (Å²) in [7, 11) is 0. The molecule has 0 unspecified atom stereocenters. The summed E-state index contributed by atoms with van der Waals surface area (Å²) in [4.78, 5) is 12.1. The Hall–Kier alpha value is -1.21. The number of rotatable bonds is 3. The Morgan fingerprint density at radius 1 is 1.20 bits per heavy atom. The van der Waals surface area contributed by atoms with E-state index in [0.29, 0.717) is 5.69 Å². The minimum absolute atomic E-state index is 0.0273. The normalized spacial score (nSPS) is 16.9. The first-order chi connectivity index (χ1) is 9.44. The highest BCUT2D eigenvalue weighted by molar-refractivity contribution is 8.00. The quantitative estimate of drug-likeness (QED) is 0.842. The van der Waals surface area contributed by atoms with Gasteiger partial charge in [-0.2, -0.15) is 13.2 Å². The van der Waals surface area contributed by atoms with Gasteiger partial charge in [-0.25, -0.2) is 0 Å². The fourth-order valence-electron chi connectivity index (χ4n) is 2.07. The Kier molecular flexibility index (Phi) is 4.93. The Labute approximate surface area is 119 Å². The number of thioether (sulfide) groups is 1. The van der Waals surface area contributed by atoms with E-state index >= 15 is 0 Å². The van der Waals surface area contributed by atoms with E-state index in [1.165, 1.54) is 24.3 Å². The second-order valence-electron chi connectivity index (χ2n) is 4.59. The van der Waals surface area contributed by atoms with E-state index in [1.54, 1.807) is 0 Å². The van der Waals surface area contributed by atoms with Crippen molar-refractivity contribution in [3.8, 4) is 0 Å². The van der Waals surface area contributed by atoms with Crippen LogP contribution in [0, 0.1) is 5.92 Å². The first-order valence-corrected chi connectivity index (χ1v) is 7.13. The first-order valence-electron chi connectivity index (χ1n) is 6.31. The van der Waals surface area contributed by atoms with E-state index in [0.717, 1.165) is 25.9 Å². The summed E-state index contributed by atoms with van der Waals surface area (Å²) in [5.41, 5.74) is -3.76. The third kappa shape index (κ3) is 4.72. The molecule has 0 spiro atoms. The summed E-state index contributed by atoms with van der Waals surface area (Å²) in [6.07, 6.45) is 1.57. The van der Waals surface area contributed by atoms with Gasteiger partial charge in [0.15, 0.2) is 0 Å². The second kappa shape index (κ2) is 6.49. The number of amides is 1. The van der Waals surface area contributed by atoms with Crippen LogP contribution in [0.25, 0.3) is 0 Å². The van der Waals surface area contributed by atoms with Gasteiger partial charge in [0.1, 0.15) is 0 Å². The van der Waals surface area contributed by atoms with Gasteiger partial charge in [0, 0.05) is 16.5 Å². The van der Waals surface area contributed by atoms with Gasteiger partial charge in [-0.15, -0.1) is 0 Å². The number of nitrogens with one attached hydrogen (secondary N) is 2. The van der Waals surface area contributed by atoms with Gasteiger partial charge in [-0.3, -0.25) is 4.79 Å². The van der Waals surface area contributed by atoms with E-state index in [4.69, 9.17) is 0 Å². The van der Waals surface area contributed by atoms with Crippen LogP contribution < -0.4 is 10.6 Å². The van der Waals surface area contributed by atoms with Crippen LogP contribution in [0.1, 0.15) is 12.8 Å². The molecule has 2 rings (SSSR count). The summed E-state index contributed by atoms with van der Waals surface area (Å²) in [5.74, 6) is -0.0943. The van der Waals surface area contributed by atoms with Gasteiger partial charge in [-0.1, -0.05) is 0 Å². The lowest BCUT2D eigenvalue weighted by Gasteiger charge is -2.21. The molecule has 0 atom stereocenters. The third-order valence-corrected chi connectivity index (χ3v) is 3.80. The van der Waals surface area contributed by atoms with Crippen molar-refractivity contribution in [3.63, 3.8) is 0 Å². The Bertz CT molecular complexity index is 456. The number of hydrogen-bond acceptors (Lipinski definition) is 3. The van der Waals surface area contributed by atoms with E-state index in [-0.39, 0.29) is 28.5 Å². The first kappa shape index (κ1) is 15.2. The highest BCUT2D eigenvalue weighted by Crippen LogP contribution is 2.37. The summed E-state index contributed by atoms with van der Waals surface area (Å²) >= 11 is -0.165. The molecule has 1 fully saturated rings. The minimum Gasteiger partial charge on any atom is -0.326 e. The standard InChI is InChI=1S/C13H15F3N2OS/c14-13(15,16)20-11-3-1-10(2-4-11)18-12(19)9-5-7-17-8-6-9/h1-4,9,17H,5-8H2,(H,18,19). The molecular formula is C13H15F3N2OS. The molecule has 20 heavy (non-hydrogen) atoms. The number of anilines is 1. The number of piperidine rings is 1. The van der Waals surface area contributed by atoms with Crippen molar-refractivity contribution in [2.24, 2.45) is 5.92 Å². The predicted octanol–water partition coefficient (Wildman–Crippen LogP) is 3.24. The van der Waals surface area contributed by atoms with Crippen LogP contribution in [-0.2, 0) is 4.79 Å². The molecule has 2 N–H and O–H groups in total. The van der Waals surface area contributed by atoms with Crippen molar-refractivity contribution in [2.75, 3.05) is 18.4 Å². The molecule has 1 aliphatic rings.